The first-order chi connectivity index (χ1) is 15.9. The van der Waals surface area contributed by atoms with E-state index in [4.69, 9.17) is 25.0 Å². The number of fused-ring (bicyclic) bond motifs is 1. The van der Waals surface area contributed by atoms with Gasteiger partial charge in [0.2, 0.25) is 0 Å². The first-order valence-electron chi connectivity index (χ1n) is 10.5. The van der Waals surface area contributed by atoms with E-state index in [1.807, 2.05) is 48.9 Å². The monoisotopic (exact) mass is 448 g/mol. The number of nitrogens with two attached hydrogens (primary N) is 1. The molecule has 0 atom stereocenters. The Balaban J connectivity index is 1.77. The van der Waals surface area contributed by atoms with Crippen LogP contribution in [-0.4, -0.2) is 46.1 Å². The maximum atomic E-state index is 6.16. The third-order valence-electron chi connectivity index (χ3n) is 5.04. The molecule has 0 aliphatic rings. The molecule has 3 N–H and O–H groups in total. The Morgan fingerprint density at radius 1 is 1.00 bits per heavy atom. The highest BCUT2D eigenvalue weighted by molar-refractivity contribution is 5.93. The summed E-state index contributed by atoms with van der Waals surface area (Å²) in [6.45, 7) is 5.13. The van der Waals surface area contributed by atoms with Crippen LogP contribution in [0.2, 0.25) is 0 Å². The second-order valence-electron chi connectivity index (χ2n) is 8.32. The van der Waals surface area contributed by atoms with Gasteiger partial charge < -0.3 is 25.3 Å². The molecule has 9 heteroatoms. The number of pyridine rings is 2. The van der Waals surface area contributed by atoms with Crippen molar-refractivity contribution in [2.75, 3.05) is 31.9 Å². The summed E-state index contributed by atoms with van der Waals surface area (Å²) in [4.78, 5) is 8.72. The van der Waals surface area contributed by atoms with Gasteiger partial charge in [-0.05, 0) is 43.7 Å². The van der Waals surface area contributed by atoms with Crippen molar-refractivity contribution in [3.8, 4) is 17.2 Å². The first-order valence-corrected chi connectivity index (χ1v) is 10.5. The van der Waals surface area contributed by atoms with E-state index >= 15 is 0 Å². The number of nitrogens with zero attached hydrogens (tertiary/aromatic N) is 4. The van der Waals surface area contributed by atoms with Crippen LogP contribution in [0.4, 0.5) is 11.6 Å². The van der Waals surface area contributed by atoms with E-state index in [1.54, 1.807) is 38.7 Å². The Labute approximate surface area is 192 Å². The van der Waals surface area contributed by atoms with Gasteiger partial charge in [-0.15, -0.1) is 0 Å². The highest BCUT2D eigenvalue weighted by Crippen LogP contribution is 2.35. The van der Waals surface area contributed by atoms with Crippen LogP contribution >= 0.6 is 0 Å². The van der Waals surface area contributed by atoms with Crippen LogP contribution in [0.3, 0.4) is 0 Å². The van der Waals surface area contributed by atoms with E-state index in [0.717, 1.165) is 16.7 Å². The van der Waals surface area contributed by atoms with Crippen molar-refractivity contribution in [1.29, 1.82) is 0 Å². The molecule has 3 aromatic heterocycles. The molecule has 0 aliphatic carbocycles. The number of hydrogen-bond donors (Lipinski definition) is 2. The molecule has 0 aliphatic heterocycles. The van der Waals surface area contributed by atoms with Gasteiger partial charge in [-0.3, -0.25) is 0 Å². The van der Waals surface area contributed by atoms with Gasteiger partial charge in [-0.25, -0.2) is 14.6 Å². The van der Waals surface area contributed by atoms with Crippen LogP contribution in [0, 0.1) is 0 Å². The van der Waals surface area contributed by atoms with Gasteiger partial charge in [0.15, 0.2) is 11.5 Å². The van der Waals surface area contributed by atoms with Gasteiger partial charge in [-0.2, -0.15) is 5.10 Å². The number of hydrogen-bond acceptors (Lipinski definition) is 8. The molecule has 0 fully saturated rings. The second-order valence-corrected chi connectivity index (χ2v) is 8.32. The highest BCUT2D eigenvalue weighted by atomic mass is 16.5. The summed E-state index contributed by atoms with van der Waals surface area (Å²) in [5.41, 5.74) is 7.11. The van der Waals surface area contributed by atoms with Gasteiger partial charge in [0.05, 0.1) is 32.0 Å². The number of benzene rings is 1. The molecule has 172 valence electrons. The Morgan fingerprint density at radius 3 is 2.42 bits per heavy atom. The molecule has 0 saturated heterocycles. The van der Waals surface area contributed by atoms with Gasteiger partial charge in [0, 0.05) is 19.4 Å². The van der Waals surface area contributed by atoms with E-state index in [-0.39, 0.29) is 5.54 Å². The van der Waals surface area contributed by atoms with Gasteiger partial charge in [0.1, 0.15) is 28.5 Å². The lowest BCUT2D eigenvalue weighted by Gasteiger charge is -2.25. The summed E-state index contributed by atoms with van der Waals surface area (Å²) in [5, 5.41) is 9.11. The lowest BCUT2D eigenvalue weighted by molar-refractivity contribution is 0.158. The summed E-state index contributed by atoms with van der Waals surface area (Å²) in [6, 6.07) is 13.2. The fraction of sp³-hybridized carbons (Fsp3) is 0.292. The Morgan fingerprint density at radius 2 is 1.76 bits per heavy atom. The number of nitrogen functional groups attached to an aromatic ring is 1. The lowest BCUT2D eigenvalue weighted by atomic mass is 10.1. The fourth-order valence-corrected chi connectivity index (χ4v) is 3.55. The average Bonchev–Trinajstić information content (AvgIpc) is 3.13. The standard InChI is InChI=1S/C24H28N6O3/c1-24(2,15-31-3)28-22-21-19(33-18-9-10-20(25)27-13-18)11-12-26-23(21)30(29-22)14-16-5-7-17(32-4)8-6-16/h5-13H,14-15H2,1-4H3,(H2,25,27)(H,28,29). The van der Waals surface area contributed by atoms with E-state index in [2.05, 4.69) is 15.3 Å². The average molecular weight is 449 g/mol. The number of nitrogens with one attached hydrogen (secondary N) is 1. The van der Waals surface area contributed by atoms with Crippen molar-refractivity contribution >= 4 is 22.7 Å². The largest absolute Gasteiger partial charge is 0.497 e. The quantitative estimate of drug-likeness (QED) is 0.394. The molecule has 1 aromatic carbocycles. The summed E-state index contributed by atoms with van der Waals surface area (Å²) in [5.74, 6) is 3.08. The van der Waals surface area contributed by atoms with Gasteiger partial charge in [-0.1, -0.05) is 12.1 Å². The predicted octanol–water partition coefficient (Wildman–Crippen LogP) is 4.09. The molecule has 0 amide bonds. The van der Waals surface area contributed by atoms with E-state index in [9.17, 15) is 0 Å². The van der Waals surface area contributed by atoms with E-state index in [1.165, 1.54) is 0 Å². The van der Waals surface area contributed by atoms with Crippen LogP contribution in [0.25, 0.3) is 11.0 Å². The van der Waals surface area contributed by atoms with E-state index < -0.39 is 0 Å². The minimum Gasteiger partial charge on any atom is -0.497 e. The lowest BCUT2D eigenvalue weighted by Crippen LogP contribution is -2.36. The summed E-state index contributed by atoms with van der Waals surface area (Å²) in [6.07, 6.45) is 3.30. The third-order valence-corrected chi connectivity index (χ3v) is 5.04. The number of aromatic nitrogens is 4. The normalized spacial score (nSPS) is 11.5. The van der Waals surface area contributed by atoms with Crippen LogP contribution in [0.15, 0.2) is 54.9 Å². The minimum absolute atomic E-state index is 0.364. The molecule has 0 spiro atoms. The fourth-order valence-electron chi connectivity index (χ4n) is 3.55. The van der Waals surface area contributed by atoms with Crippen LogP contribution in [-0.2, 0) is 11.3 Å². The Hall–Kier alpha value is -3.85. The molecule has 9 nitrogen and oxygen atoms in total. The van der Waals surface area contributed by atoms with Crippen molar-refractivity contribution in [3.05, 3.63) is 60.4 Å². The third kappa shape index (κ3) is 5.15. The van der Waals surface area contributed by atoms with Gasteiger partial charge >= 0.3 is 0 Å². The summed E-state index contributed by atoms with van der Waals surface area (Å²) in [7, 11) is 3.33. The van der Waals surface area contributed by atoms with Crippen LogP contribution in [0.5, 0.6) is 17.2 Å². The zero-order chi connectivity index (χ0) is 23.4. The highest BCUT2D eigenvalue weighted by Gasteiger charge is 2.24. The van der Waals surface area contributed by atoms with Crippen molar-refractivity contribution in [1.82, 2.24) is 19.7 Å². The van der Waals surface area contributed by atoms with Crippen LogP contribution in [0.1, 0.15) is 19.4 Å². The number of ether oxygens (including phenoxy) is 3. The molecule has 0 bridgehead atoms. The van der Waals surface area contributed by atoms with Crippen molar-refractivity contribution < 1.29 is 14.2 Å². The Kier molecular flexibility index (Phi) is 6.32. The van der Waals surface area contributed by atoms with Crippen molar-refractivity contribution in [2.45, 2.75) is 25.9 Å². The number of rotatable bonds is 9. The number of methoxy groups -OCH3 is 2. The molecule has 0 unspecified atom stereocenters. The molecule has 33 heavy (non-hydrogen) atoms. The topological polar surface area (TPSA) is 109 Å². The zero-order valence-electron chi connectivity index (χ0n) is 19.2. The summed E-state index contributed by atoms with van der Waals surface area (Å²) < 4.78 is 18.7. The summed E-state index contributed by atoms with van der Waals surface area (Å²) >= 11 is 0. The first kappa shape index (κ1) is 22.3. The van der Waals surface area contributed by atoms with Crippen molar-refractivity contribution in [3.63, 3.8) is 0 Å². The maximum absolute atomic E-state index is 6.16. The molecule has 0 radical (unpaired) electrons. The van der Waals surface area contributed by atoms with Gasteiger partial charge in [0.25, 0.3) is 0 Å². The Bertz CT molecular complexity index is 1220. The molecule has 0 saturated carbocycles. The molecule has 4 aromatic rings. The predicted molar refractivity (Wildman–Crippen MR) is 128 cm³/mol. The minimum atomic E-state index is -0.364. The smallest absolute Gasteiger partial charge is 0.164 e. The van der Waals surface area contributed by atoms with Crippen molar-refractivity contribution in [2.24, 2.45) is 0 Å². The maximum Gasteiger partial charge on any atom is 0.164 e. The van der Waals surface area contributed by atoms with E-state index in [0.29, 0.717) is 41.9 Å². The molecular formula is C24H28N6O3. The number of anilines is 2. The molecule has 3 heterocycles. The van der Waals surface area contributed by atoms with Crippen LogP contribution < -0.4 is 20.5 Å². The zero-order valence-corrected chi connectivity index (χ0v) is 19.2. The molecular weight excluding hydrogens is 420 g/mol. The SMILES string of the molecule is COCC(C)(C)Nc1nn(Cc2ccc(OC)cc2)c2nccc(Oc3ccc(N)nc3)c12. The molecule has 4 rings (SSSR count). The second kappa shape index (κ2) is 9.33.